The number of hydrogen-bond acceptors (Lipinski definition) is 2. The second kappa shape index (κ2) is 5.82. The Morgan fingerprint density at radius 1 is 1.00 bits per heavy atom. The average Bonchev–Trinajstić information content (AvgIpc) is 2.42. The van der Waals surface area contributed by atoms with Gasteiger partial charge in [0.1, 0.15) is 6.07 Å². The van der Waals surface area contributed by atoms with E-state index in [1.165, 1.54) is 17.8 Å². The molecule has 0 spiro atoms. The third-order valence-corrected chi connectivity index (χ3v) is 4.20. The SMILES string of the molecule is Cc1ccc(Sc2ccc(C(F)(F)F)cc2C#N)cc1C. The zero-order chi connectivity index (χ0) is 15.6. The maximum atomic E-state index is 12.6. The van der Waals surface area contributed by atoms with Gasteiger partial charge in [-0.2, -0.15) is 18.4 Å². The quantitative estimate of drug-likeness (QED) is 0.747. The van der Waals surface area contributed by atoms with Crippen molar-refractivity contribution in [2.45, 2.75) is 29.8 Å². The standard InChI is InChI=1S/C16H12F3NS/c1-10-3-5-14(7-11(10)2)21-15-6-4-13(16(17,18)19)8-12(15)9-20/h3-8H,1-2H3. The summed E-state index contributed by atoms with van der Waals surface area (Å²) < 4.78 is 37.9. The highest BCUT2D eigenvalue weighted by Crippen LogP contribution is 2.35. The Morgan fingerprint density at radius 3 is 2.29 bits per heavy atom. The van der Waals surface area contributed by atoms with Gasteiger partial charge in [0.2, 0.25) is 0 Å². The first-order valence-corrected chi connectivity index (χ1v) is 6.99. The molecule has 0 heterocycles. The average molecular weight is 307 g/mol. The molecular formula is C16H12F3NS. The van der Waals surface area contributed by atoms with Crippen LogP contribution in [0.2, 0.25) is 0 Å². The number of alkyl halides is 3. The van der Waals surface area contributed by atoms with Gasteiger partial charge in [-0.25, -0.2) is 0 Å². The van der Waals surface area contributed by atoms with Crippen LogP contribution in [0.4, 0.5) is 13.2 Å². The summed E-state index contributed by atoms with van der Waals surface area (Å²) in [4.78, 5) is 1.42. The van der Waals surface area contributed by atoms with E-state index in [-0.39, 0.29) is 5.56 Å². The van der Waals surface area contributed by atoms with Crippen molar-refractivity contribution < 1.29 is 13.2 Å². The molecule has 0 aliphatic heterocycles. The maximum Gasteiger partial charge on any atom is 0.416 e. The largest absolute Gasteiger partial charge is 0.416 e. The van der Waals surface area contributed by atoms with Crippen LogP contribution >= 0.6 is 11.8 Å². The Kier molecular flexibility index (Phi) is 4.29. The minimum Gasteiger partial charge on any atom is -0.192 e. The molecule has 0 atom stereocenters. The minimum absolute atomic E-state index is 0.0352. The van der Waals surface area contributed by atoms with Crippen molar-refractivity contribution in [2.75, 3.05) is 0 Å². The summed E-state index contributed by atoms with van der Waals surface area (Å²) in [6, 6.07) is 10.9. The van der Waals surface area contributed by atoms with Crippen LogP contribution in [0.15, 0.2) is 46.2 Å². The molecule has 0 aliphatic rings. The highest BCUT2D eigenvalue weighted by Gasteiger charge is 2.31. The second-order valence-corrected chi connectivity index (χ2v) is 5.78. The van der Waals surface area contributed by atoms with Gasteiger partial charge >= 0.3 is 6.18 Å². The van der Waals surface area contributed by atoms with Crippen molar-refractivity contribution in [3.8, 4) is 6.07 Å². The van der Waals surface area contributed by atoms with Crippen molar-refractivity contribution in [2.24, 2.45) is 0 Å². The van der Waals surface area contributed by atoms with Crippen LogP contribution in [0, 0.1) is 25.2 Å². The Morgan fingerprint density at radius 2 is 1.71 bits per heavy atom. The number of nitrogens with zero attached hydrogens (tertiary/aromatic N) is 1. The lowest BCUT2D eigenvalue weighted by atomic mass is 10.1. The smallest absolute Gasteiger partial charge is 0.192 e. The summed E-state index contributed by atoms with van der Waals surface area (Å²) in [5, 5.41) is 9.05. The molecule has 2 rings (SSSR count). The number of aryl methyl sites for hydroxylation is 2. The molecule has 0 bridgehead atoms. The highest BCUT2D eigenvalue weighted by atomic mass is 32.2. The molecule has 0 fully saturated rings. The number of rotatable bonds is 2. The van der Waals surface area contributed by atoms with E-state index >= 15 is 0 Å². The Bertz CT molecular complexity index is 714. The molecule has 0 N–H and O–H groups in total. The van der Waals surface area contributed by atoms with E-state index in [1.54, 1.807) is 0 Å². The summed E-state index contributed by atoms with van der Waals surface area (Å²) in [5.74, 6) is 0. The lowest BCUT2D eigenvalue weighted by molar-refractivity contribution is -0.137. The monoisotopic (exact) mass is 307 g/mol. The van der Waals surface area contributed by atoms with Crippen molar-refractivity contribution in [3.63, 3.8) is 0 Å². The van der Waals surface area contributed by atoms with E-state index in [2.05, 4.69) is 0 Å². The summed E-state index contributed by atoms with van der Waals surface area (Å²) >= 11 is 1.29. The van der Waals surface area contributed by atoms with Crippen LogP contribution in [0.5, 0.6) is 0 Å². The topological polar surface area (TPSA) is 23.8 Å². The molecule has 21 heavy (non-hydrogen) atoms. The summed E-state index contributed by atoms with van der Waals surface area (Å²) in [6.45, 7) is 3.96. The first-order chi connectivity index (χ1) is 9.81. The van der Waals surface area contributed by atoms with E-state index in [0.717, 1.165) is 28.2 Å². The van der Waals surface area contributed by atoms with Crippen LogP contribution in [-0.2, 0) is 6.18 Å². The molecule has 0 aliphatic carbocycles. The van der Waals surface area contributed by atoms with Gasteiger partial charge in [0, 0.05) is 9.79 Å². The fraction of sp³-hybridized carbons (Fsp3) is 0.188. The zero-order valence-electron chi connectivity index (χ0n) is 11.5. The van der Waals surface area contributed by atoms with E-state index in [9.17, 15) is 13.2 Å². The lowest BCUT2D eigenvalue weighted by Crippen LogP contribution is -2.05. The lowest BCUT2D eigenvalue weighted by Gasteiger charge is -2.10. The molecular weight excluding hydrogens is 295 g/mol. The first-order valence-electron chi connectivity index (χ1n) is 6.17. The van der Waals surface area contributed by atoms with Crippen molar-refractivity contribution in [3.05, 3.63) is 58.7 Å². The Hall–Kier alpha value is -1.93. The number of benzene rings is 2. The van der Waals surface area contributed by atoms with Gasteiger partial charge in [0.05, 0.1) is 11.1 Å². The third-order valence-electron chi connectivity index (χ3n) is 3.13. The van der Waals surface area contributed by atoms with Crippen molar-refractivity contribution in [1.82, 2.24) is 0 Å². The minimum atomic E-state index is -4.44. The Balaban J connectivity index is 2.36. The van der Waals surface area contributed by atoms with Crippen molar-refractivity contribution in [1.29, 1.82) is 5.26 Å². The summed E-state index contributed by atoms with van der Waals surface area (Å²) in [7, 11) is 0. The fourth-order valence-electron chi connectivity index (χ4n) is 1.79. The van der Waals surface area contributed by atoms with Gasteiger partial charge in [-0.05, 0) is 55.3 Å². The van der Waals surface area contributed by atoms with Crippen LogP contribution in [0.25, 0.3) is 0 Å². The summed E-state index contributed by atoms with van der Waals surface area (Å²) in [6.07, 6.45) is -4.44. The van der Waals surface area contributed by atoms with Crippen LogP contribution in [0.3, 0.4) is 0 Å². The van der Waals surface area contributed by atoms with Gasteiger partial charge in [-0.3, -0.25) is 0 Å². The molecule has 0 saturated carbocycles. The predicted molar refractivity (Wildman–Crippen MR) is 76.2 cm³/mol. The molecule has 108 valence electrons. The fourth-order valence-corrected chi connectivity index (χ4v) is 2.76. The van der Waals surface area contributed by atoms with Gasteiger partial charge in [-0.15, -0.1) is 0 Å². The molecule has 0 amide bonds. The normalized spacial score (nSPS) is 11.2. The van der Waals surface area contributed by atoms with Crippen molar-refractivity contribution >= 4 is 11.8 Å². The second-order valence-electron chi connectivity index (χ2n) is 4.67. The van der Waals surface area contributed by atoms with E-state index in [0.29, 0.717) is 4.90 Å². The van der Waals surface area contributed by atoms with Crippen LogP contribution in [0.1, 0.15) is 22.3 Å². The number of nitriles is 1. The van der Waals surface area contributed by atoms with Crippen LogP contribution in [-0.4, -0.2) is 0 Å². The van der Waals surface area contributed by atoms with E-state index in [4.69, 9.17) is 5.26 Å². The number of halogens is 3. The van der Waals surface area contributed by atoms with Gasteiger partial charge in [-0.1, -0.05) is 17.8 Å². The van der Waals surface area contributed by atoms with Crippen LogP contribution < -0.4 is 0 Å². The molecule has 1 nitrogen and oxygen atoms in total. The molecule has 0 saturated heterocycles. The zero-order valence-corrected chi connectivity index (χ0v) is 12.3. The molecule has 0 unspecified atom stereocenters. The highest BCUT2D eigenvalue weighted by molar-refractivity contribution is 7.99. The molecule has 2 aromatic carbocycles. The predicted octanol–water partition coefficient (Wildman–Crippen LogP) is 5.35. The van der Waals surface area contributed by atoms with Gasteiger partial charge in [0.25, 0.3) is 0 Å². The van der Waals surface area contributed by atoms with Gasteiger partial charge < -0.3 is 0 Å². The molecule has 2 aromatic rings. The molecule has 0 aromatic heterocycles. The molecule has 0 radical (unpaired) electrons. The first kappa shape index (κ1) is 15.5. The summed E-state index contributed by atoms with van der Waals surface area (Å²) in [5.41, 5.74) is 1.48. The Labute approximate surface area is 125 Å². The number of hydrogen-bond donors (Lipinski definition) is 0. The van der Waals surface area contributed by atoms with E-state index < -0.39 is 11.7 Å². The van der Waals surface area contributed by atoms with E-state index in [1.807, 2.05) is 38.1 Å². The van der Waals surface area contributed by atoms with Gasteiger partial charge in [0.15, 0.2) is 0 Å². The maximum absolute atomic E-state index is 12.6. The third kappa shape index (κ3) is 3.59. The molecule has 5 heteroatoms.